The Bertz CT molecular complexity index is 752. The number of likely N-dealkylation sites (tertiary alicyclic amines) is 2. The van der Waals surface area contributed by atoms with E-state index in [1.807, 2.05) is 6.92 Å². The summed E-state index contributed by atoms with van der Waals surface area (Å²) in [7, 11) is 0. The number of alkyl halides is 3. The Hall–Kier alpha value is -1.72. The van der Waals surface area contributed by atoms with Crippen molar-refractivity contribution in [1.82, 2.24) is 14.8 Å². The van der Waals surface area contributed by atoms with Crippen molar-refractivity contribution in [3.63, 3.8) is 0 Å². The lowest BCUT2D eigenvalue weighted by atomic mass is 9.99. The van der Waals surface area contributed by atoms with Crippen LogP contribution in [0, 0.1) is 12.8 Å². The zero-order chi connectivity index (χ0) is 21.9. The van der Waals surface area contributed by atoms with Crippen molar-refractivity contribution in [2.24, 2.45) is 5.92 Å². The van der Waals surface area contributed by atoms with Crippen molar-refractivity contribution in [2.75, 3.05) is 26.3 Å². The monoisotopic (exact) mass is 449 g/mol. The topological polar surface area (TPSA) is 83.0 Å². The van der Waals surface area contributed by atoms with Gasteiger partial charge in [0.15, 0.2) is 0 Å². The molecule has 4 heterocycles. The summed E-state index contributed by atoms with van der Waals surface area (Å²) in [5.74, 6) is -1.71. The van der Waals surface area contributed by atoms with Crippen molar-refractivity contribution in [1.29, 1.82) is 0 Å². The van der Waals surface area contributed by atoms with Crippen LogP contribution in [0.25, 0.3) is 0 Å². The molecule has 11 heteroatoms. The Morgan fingerprint density at radius 1 is 1.30 bits per heavy atom. The van der Waals surface area contributed by atoms with E-state index in [1.54, 1.807) is 11.3 Å². The van der Waals surface area contributed by atoms with Crippen LogP contribution in [-0.2, 0) is 20.9 Å². The molecular formula is C19H26F3N3O4S. The number of hydrogen-bond donors (Lipinski definition) is 1. The Labute approximate surface area is 176 Å². The maximum absolute atomic E-state index is 12.5. The molecule has 168 valence electrons. The third-order valence-corrected chi connectivity index (χ3v) is 6.63. The quantitative estimate of drug-likeness (QED) is 0.761. The highest BCUT2D eigenvalue weighted by molar-refractivity contribution is 7.09. The Morgan fingerprint density at radius 2 is 1.97 bits per heavy atom. The van der Waals surface area contributed by atoms with Gasteiger partial charge in [-0.05, 0) is 32.1 Å². The van der Waals surface area contributed by atoms with Crippen molar-refractivity contribution in [3.8, 4) is 0 Å². The van der Waals surface area contributed by atoms with Gasteiger partial charge >= 0.3 is 12.1 Å². The second kappa shape index (κ2) is 9.61. The first-order valence-electron chi connectivity index (χ1n) is 9.97. The summed E-state index contributed by atoms with van der Waals surface area (Å²) in [6.45, 7) is 6.79. The van der Waals surface area contributed by atoms with Crippen LogP contribution in [0.4, 0.5) is 13.2 Å². The molecule has 1 amide bonds. The number of aryl methyl sites for hydroxylation is 1. The molecule has 0 aromatic carbocycles. The minimum Gasteiger partial charge on any atom is -0.475 e. The fraction of sp³-hybridized carbons (Fsp3) is 0.737. The molecular weight excluding hydrogens is 423 g/mol. The number of nitrogens with zero attached hydrogens (tertiary/aromatic N) is 3. The highest BCUT2D eigenvalue weighted by Crippen LogP contribution is 2.34. The van der Waals surface area contributed by atoms with Gasteiger partial charge in [0.2, 0.25) is 5.91 Å². The van der Waals surface area contributed by atoms with Crippen molar-refractivity contribution in [2.45, 2.75) is 57.4 Å². The first-order valence-corrected chi connectivity index (χ1v) is 10.9. The normalized spacial score (nSPS) is 25.2. The molecule has 1 aromatic rings. The number of carboxylic acid groups (broad SMARTS) is 1. The van der Waals surface area contributed by atoms with Gasteiger partial charge in [0, 0.05) is 50.2 Å². The number of thiazole rings is 1. The van der Waals surface area contributed by atoms with Gasteiger partial charge in [-0.3, -0.25) is 9.69 Å². The summed E-state index contributed by atoms with van der Waals surface area (Å²) in [4.78, 5) is 30.6. The van der Waals surface area contributed by atoms with Gasteiger partial charge in [-0.2, -0.15) is 13.2 Å². The number of rotatable bonds is 4. The highest BCUT2D eigenvalue weighted by atomic mass is 32.1. The molecule has 1 aromatic heterocycles. The van der Waals surface area contributed by atoms with Crippen molar-refractivity contribution in [3.05, 3.63) is 16.1 Å². The number of amides is 1. The summed E-state index contributed by atoms with van der Waals surface area (Å²) in [5, 5.41) is 10.3. The number of fused-ring (bicyclic) bond motifs is 1. The van der Waals surface area contributed by atoms with Crippen LogP contribution < -0.4 is 0 Å². The maximum atomic E-state index is 12.5. The molecule has 0 aliphatic carbocycles. The van der Waals surface area contributed by atoms with Crippen LogP contribution in [0.15, 0.2) is 5.38 Å². The molecule has 0 radical (unpaired) electrons. The van der Waals surface area contributed by atoms with Crippen LogP contribution in [-0.4, -0.2) is 76.3 Å². The van der Waals surface area contributed by atoms with Crippen LogP contribution in [0.1, 0.15) is 36.4 Å². The molecule has 3 aliphatic rings. The zero-order valence-electron chi connectivity index (χ0n) is 16.7. The average molecular weight is 449 g/mol. The van der Waals surface area contributed by atoms with Crippen LogP contribution in [0.3, 0.4) is 0 Å². The van der Waals surface area contributed by atoms with E-state index in [4.69, 9.17) is 14.6 Å². The average Bonchev–Trinajstić information content (AvgIpc) is 3.34. The minimum absolute atomic E-state index is 0.308. The van der Waals surface area contributed by atoms with E-state index < -0.39 is 12.1 Å². The number of carbonyl (C=O) groups excluding carboxylic acids is 1. The predicted molar refractivity (Wildman–Crippen MR) is 103 cm³/mol. The van der Waals surface area contributed by atoms with E-state index in [2.05, 4.69) is 20.2 Å². The molecule has 30 heavy (non-hydrogen) atoms. The van der Waals surface area contributed by atoms with Crippen LogP contribution >= 0.6 is 11.3 Å². The molecule has 2 atom stereocenters. The first-order chi connectivity index (χ1) is 14.1. The van der Waals surface area contributed by atoms with E-state index in [1.165, 1.54) is 12.8 Å². The third-order valence-electron chi connectivity index (χ3n) is 5.80. The number of aliphatic carboxylic acids is 1. The van der Waals surface area contributed by atoms with E-state index in [-0.39, 0.29) is 0 Å². The molecule has 3 fully saturated rings. The summed E-state index contributed by atoms with van der Waals surface area (Å²) in [5.41, 5.74) is 1.05. The van der Waals surface area contributed by atoms with Crippen molar-refractivity contribution >= 4 is 23.2 Å². The van der Waals surface area contributed by atoms with E-state index in [0.717, 1.165) is 49.3 Å². The second-order valence-electron chi connectivity index (χ2n) is 7.86. The van der Waals surface area contributed by atoms with Gasteiger partial charge < -0.3 is 14.7 Å². The number of ether oxygens (including phenoxy) is 1. The third kappa shape index (κ3) is 5.70. The fourth-order valence-corrected chi connectivity index (χ4v) is 4.96. The second-order valence-corrected chi connectivity index (χ2v) is 8.92. The highest BCUT2D eigenvalue weighted by Gasteiger charge is 2.47. The van der Waals surface area contributed by atoms with Gasteiger partial charge in [-0.25, -0.2) is 9.78 Å². The molecule has 7 nitrogen and oxygen atoms in total. The molecule has 3 saturated heterocycles. The number of carboxylic acids is 1. The molecule has 1 N–H and O–H groups in total. The standard InChI is InChI=1S/C17H25N3O2S.C2HF3O2/c1-12-18-14(11-23-12)10-20-15-2-5-19(16(15)8-17(20)21)9-13-3-6-22-7-4-13;3-2(4,5)1(6)7/h11,13,15-16H,2-10H2,1H3;(H,6,7)/t15-,16+;/m0./s1. The minimum atomic E-state index is -5.08. The lowest BCUT2D eigenvalue weighted by Crippen LogP contribution is -2.39. The number of halogens is 3. The van der Waals surface area contributed by atoms with Crippen LogP contribution in [0.2, 0.25) is 0 Å². The summed E-state index contributed by atoms with van der Waals surface area (Å²) in [6.07, 6.45) is -0.937. The lowest BCUT2D eigenvalue weighted by Gasteiger charge is -2.30. The van der Waals surface area contributed by atoms with Crippen LogP contribution in [0.5, 0.6) is 0 Å². The number of hydrogen-bond acceptors (Lipinski definition) is 6. The summed E-state index contributed by atoms with van der Waals surface area (Å²) < 4.78 is 37.2. The molecule has 3 aliphatic heterocycles. The molecule has 0 saturated carbocycles. The largest absolute Gasteiger partial charge is 0.490 e. The fourth-order valence-electron chi connectivity index (χ4n) is 4.36. The van der Waals surface area contributed by atoms with E-state index >= 15 is 0 Å². The Kier molecular flexibility index (Phi) is 7.35. The van der Waals surface area contributed by atoms with E-state index in [9.17, 15) is 18.0 Å². The van der Waals surface area contributed by atoms with Gasteiger partial charge in [0.25, 0.3) is 0 Å². The smallest absolute Gasteiger partial charge is 0.475 e. The number of aromatic nitrogens is 1. The summed E-state index contributed by atoms with van der Waals surface area (Å²) in [6, 6.07) is 0.814. The zero-order valence-corrected chi connectivity index (χ0v) is 17.5. The van der Waals surface area contributed by atoms with Gasteiger partial charge in [0.1, 0.15) is 0 Å². The van der Waals surface area contributed by atoms with Gasteiger partial charge in [-0.1, -0.05) is 0 Å². The lowest BCUT2D eigenvalue weighted by molar-refractivity contribution is -0.192. The van der Waals surface area contributed by atoms with E-state index in [0.29, 0.717) is 31.0 Å². The van der Waals surface area contributed by atoms with Gasteiger partial charge in [0.05, 0.1) is 17.2 Å². The SMILES string of the molecule is Cc1nc(CN2C(=O)C[C@@H]3[C@@H]2CCN3CC2CCOCC2)cs1.O=C(O)C(F)(F)F. The first kappa shape index (κ1) is 23.0. The van der Waals surface area contributed by atoms with Crippen molar-refractivity contribution < 1.29 is 32.6 Å². The molecule has 4 rings (SSSR count). The molecule has 0 bridgehead atoms. The summed E-state index contributed by atoms with van der Waals surface area (Å²) >= 11 is 1.67. The molecule has 0 unspecified atom stereocenters. The maximum Gasteiger partial charge on any atom is 0.490 e. The molecule has 0 spiro atoms. The number of carbonyl (C=O) groups is 2. The Balaban J connectivity index is 0.000000318. The predicted octanol–water partition coefficient (Wildman–Crippen LogP) is 2.69. The van der Waals surface area contributed by atoms with Gasteiger partial charge in [-0.15, -0.1) is 11.3 Å². The Morgan fingerprint density at radius 3 is 2.53 bits per heavy atom.